The normalized spacial score (nSPS) is 32.8. The molecule has 1 aliphatic heterocycles. The number of β-amino-alcohol motifs (C(OH)–C–C–N with tert-alkyl or cyclic N) is 1. The molecule has 0 aromatic heterocycles. The minimum Gasteiger partial charge on any atom is -0.480 e. The topological polar surface area (TPSA) is 60.8 Å². The number of aliphatic hydroxyl groups is 1. The Kier molecular flexibility index (Phi) is 3.27. The highest BCUT2D eigenvalue weighted by molar-refractivity contribution is 5.72. The van der Waals surface area contributed by atoms with Gasteiger partial charge in [0, 0.05) is 6.54 Å². The van der Waals surface area contributed by atoms with Crippen LogP contribution in [-0.4, -0.2) is 46.3 Å². The van der Waals surface area contributed by atoms with Gasteiger partial charge in [0.2, 0.25) is 0 Å². The average Bonchev–Trinajstić information content (AvgIpc) is 2.08. The average molecular weight is 187 g/mol. The van der Waals surface area contributed by atoms with Gasteiger partial charge in [0.05, 0.1) is 6.10 Å². The van der Waals surface area contributed by atoms with Gasteiger partial charge in [-0.05, 0) is 25.8 Å². The molecule has 3 unspecified atom stereocenters. The van der Waals surface area contributed by atoms with Crippen molar-refractivity contribution in [1.82, 2.24) is 4.90 Å². The van der Waals surface area contributed by atoms with E-state index in [4.69, 9.17) is 5.11 Å². The highest BCUT2D eigenvalue weighted by Gasteiger charge is 2.29. The highest BCUT2D eigenvalue weighted by Crippen LogP contribution is 2.18. The molecule has 0 bridgehead atoms. The molecule has 0 amide bonds. The van der Waals surface area contributed by atoms with Gasteiger partial charge in [-0.15, -0.1) is 0 Å². The molecule has 0 aliphatic carbocycles. The van der Waals surface area contributed by atoms with Crippen LogP contribution < -0.4 is 0 Å². The van der Waals surface area contributed by atoms with Gasteiger partial charge in [0.1, 0.15) is 6.04 Å². The van der Waals surface area contributed by atoms with Crippen LogP contribution in [0.1, 0.15) is 20.3 Å². The predicted octanol–water partition coefficient (Wildman–Crippen LogP) is 0.162. The first-order valence-corrected chi connectivity index (χ1v) is 4.67. The van der Waals surface area contributed by atoms with Crippen molar-refractivity contribution in [2.75, 3.05) is 13.1 Å². The molecule has 0 aromatic carbocycles. The summed E-state index contributed by atoms with van der Waals surface area (Å²) in [5, 5.41) is 18.3. The quantitative estimate of drug-likeness (QED) is 0.646. The number of piperidine rings is 1. The summed E-state index contributed by atoms with van der Waals surface area (Å²) in [6.45, 7) is 4.90. The molecule has 13 heavy (non-hydrogen) atoms. The number of likely N-dealkylation sites (tertiary alicyclic amines) is 1. The lowest BCUT2D eigenvalue weighted by Gasteiger charge is -2.36. The van der Waals surface area contributed by atoms with Crippen molar-refractivity contribution < 1.29 is 15.0 Å². The second-order valence-corrected chi connectivity index (χ2v) is 3.84. The van der Waals surface area contributed by atoms with Crippen molar-refractivity contribution in [3.05, 3.63) is 0 Å². The fourth-order valence-electron chi connectivity index (χ4n) is 1.58. The van der Waals surface area contributed by atoms with E-state index in [1.165, 1.54) is 0 Å². The van der Waals surface area contributed by atoms with E-state index in [1.54, 1.807) is 6.92 Å². The van der Waals surface area contributed by atoms with Gasteiger partial charge < -0.3 is 10.2 Å². The number of carbonyl (C=O) groups is 1. The molecule has 0 spiro atoms. The van der Waals surface area contributed by atoms with Crippen LogP contribution in [0.2, 0.25) is 0 Å². The van der Waals surface area contributed by atoms with Gasteiger partial charge in [-0.25, -0.2) is 0 Å². The van der Waals surface area contributed by atoms with Gasteiger partial charge in [0.25, 0.3) is 0 Å². The van der Waals surface area contributed by atoms with E-state index in [1.807, 2.05) is 11.8 Å². The molecule has 76 valence electrons. The number of nitrogens with zero attached hydrogens (tertiary/aromatic N) is 1. The van der Waals surface area contributed by atoms with Crippen molar-refractivity contribution in [2.45, 2.75) is 32.4 Å². The summed E-state index contributed by atoms with van der Waals surface area (Å²) < 4.78 is 0. The third-order valence-corrected chi connectivity index (χ3v) is 2.86. The molecule has 1 fully saturated rings. The third-order valence-electron chi connectivity index (χ3n) is 2.86. The van der Waals surface area contributed by atoms with Crippen LogP contribution in [0.25, 0.3) is 0 Å². The zero-order valence-electron chi connectivity index (χ0n) is 8.10. The van der Waals surface area contributed by atoms with E-state index in [9.17, 15) is 9.90 Å². The lowest BCUT2D eigenvalue weighted by molar-refractivity contribution is -0.144. The molecule has 0 saturated carbocycles. The first kappa shape index (κ1) is 10.5. The van der Waals surface area contributed by atoms with Gasteiger partial charge in [-0.2, -0.15) is 0 Å². The SMILES string of the molecule is CC1CCN(C(C)C(=O)O)CC1O. The van der Waals surface area contributed by atoms with E-state index in [2.05, 4.69) is 0 Å². The maximum Gasteiger partial charge on any atom is 0.320 e. The Hall–Kier alpha value is -0.610. The number of rotatable bonds is 2. The minimum atomic E-state index is -0.818. The van der Waals surface area contributed by atoms with E-state index in [-0.39, 0.29) is 12.0 Å². The standard InChI is InChI=1S/C9H17NO3/c1-6-3-4-10(5-8(6)11)7(2)9(12)13/h6-8,11H,3-5H2,1-2H3,(H,12,13). The van der Waals surface area contributed by atoms with Crippen molar-refractivity contribution in [3.63, 3.8) is 0 Å². The summed E-state index contributed by atoms with van der Waals surface area (Å²) in [5.41, 5.74) is 0. The first-order chi connectivity index (χ1) is 6.02. The Balaban J connectivity index is 2.50. The minimum absolute atomic E-state index is 0.289. The molecular formula is C9H17NO3. The van der Waals surface area contributed by atoms with Crippen LogP contribution in [0.3, 0.4) is 0 Å². The van der Waals surface area contributed by atoms with Crippen molar-refractivity contribution in [2.24, 2.45) is 5.92 Å². The Labute approximate surface area is 78.2 Å². The number of carboxylic acids is 1. The smallest absolute Gasteiger partial charge is 0.320 e. The molecule has 1 rings (SSSR count). The summed E-state index contributed by atoms with van der Waals surface area (Å²) in [5.74, 6) is -0.529. The van der Waals surface area contributed by atoms with Crippen LogP contribution in [0.5, 0.6) is 0 Å². The number of hydrogen-bond acceptors (Lipinski definition) is 3. The van der Waals surface area contributed by atoms with E-state index in [0.29, 0.717) is 6.54 Å². The van der Waals surface area contributed by atoms with Crippen molar-refractivity contribution in [1.29, 1.82) is 0 Å². The van der Waals surface area contributed by atoms with Gasteiger partial charge in [-0.3, -0.25) is 9.69 Å². The molecule has 1 saturated heterocycles. The predicted molar refractivity (Wildman–Crippen MR) is 48.5 cm³/mol. The van der Waals surface area contributed by atoms with Crippen LogP contribution in [0, 0.1) is 5.92 Å². The lowest BCUT2D eigenvalue weighted by Crippen LogP contribution is -2.49. The molecule has 1 heterocycles. The maximum atomic E-state index is 10.7. The fourth-order valence-corrected chi connectivity index (χ4v) is 1.58. The second-order valence-electron chi connectivity index (χ2n) is 3.84. The molecule has 4 nitrogen and oxygen atoms in total. The van der Waals surface area contributed by atoms with Gasteiger partial charge in [0.15, 0.2) is 0 Å². The van der Waals surface area contributed by atoms with Crippen LogP contribution in [0.15, 0.2) is 0 Å². The zero-order valence-corrected chi connectivity index (χ0v) is 8.10. The fraction of sp³-hybridized carbons (Fsp3) is 0.889. The van der Waals surface area contributed by atoms with Gasteiger partial charge >= 0.3 is 5.97 Å². The molecular weight excluding hydrogens is 170 g/mol. The van der Waals surface area contributed by atoms with Crippen LogP contribution >= 0.6 is 0 Å². The largest absolute Gasteiger partial charge is 0.480 e. The summed E-state index contributed by atoms with van der Waals surface area (Å²) in [6, 6.07) is -0.484. The Bertz CT molecular complexity index is 195. The molecule has 2 N–H and O–H groups in total. The first-order valence-electron chi connectivity index (χ1n) is 4.67. The Morgan fingerprint density at radius 3 is 2.69 bits per heavy atom. The lowest BCUT2D eigenvalue weighted by atomic mass is 9.95. The van der Waals surface area contributed by atoms with Crippen molar-refractivity contribution >= 4 is 5.97 Å². The van der Waals surface area contributed by atoms with Crippen LogP contribution in [-0.2, 0) is 4.79 Å². The number of aliphatic carboxylic acids is 1. The van der Waals surface area contributed by atoms with Gasteiger partial charge in [-0.1, -0.05) is 6.92 Å². The molecule has 3 atom stereocenters. The van der Waals surface area contributed by atoms with Crippen molar-refractivity contribution in [3.8, 4) is 0 Å². The maximum absolute atomic E-state index is 10.7. The van der Waals surface area contributed by atoms with E-state index < -0.39 is 12.0 Å². The highest BCUT2D eigenvalue weighted by atomic mass is 16.4. The van der Waals surface area contributed by atoms with Crippen LogP contribution in [0.4, 0.5) is 0 Å². The summed E-state index contributed by atoms with van der Waals surface area (Å²) in [7, 11) is 0. The number of aliphatic hydroxyl groups excluding tert-OH is 1. The molecule has 4 heteroatoms. The number of carboxylic acid groups (broad SMARTS) is 1. The van der Waals surface area contributed by atoms with E-state index >= 15 is 0 Å². The summed E-state index contributed by atoms with van der Waals surface area (Å²) >= 11 is 0. The number of hydrogen-bond donors (Lipinski definition) is 2. The Morgan fingerprint density at radius 1 is 1.62 bits per heavy atom. The van der Waals surface area contributed by atoms with E-state index in [0.717, 1.165) is 13.0 Å². The Morgan fingerprint density at radius 2 is 2.23 bits per heavy atom. The summed E-state index contributed by atoms with van der Waals surface area (Å²) in [6.07, 6.45) is 0.495. The third kappa shape index (κ3) is 2.42. The molecule has 0 radical (unpaired) electrons. The summed E-state index contributed by atoms with van der Waals surface area (Å²) in [4.78, 5) is 12.5. The second kappa shape index (κ2) is 4.07. The molecule has 0 aromatic rings. The zero-order chi connectivity index (χ0) is 10.0. The monoisotopic (exact) mass is 187 g/mol. The molecule has 1 aliphatic rings.